The molecule has 2 rings (SSSR count). The molecule has 0 bridgehead atoms. The molecule has 0 spiro atoms. The smallest absolute Gasteiger partial charge is 0.406 e. The van der Waals surface area contributed by atoms with Crippen LogP contribution in [-0.4, -0.2) is 62.3 Å². The van der Waals surface area contributed by atoms with Crippen LogP contribution in [0.1, 0.15) is 19.4 Å². The zero-order valence-electron chi connectivity index (χ0n) is 19.5. The van der Waals surface area contributed by atoms with Gasteiger partial charge in [0.15, 0.2) is 6.61 Å². The fourth-order valence-electron chi connectivity index (χ4n) is 3.55. The van der Waals surface area contributed by atoms with Crippen molar-refractivity contribution in [2.24, 2.45) is 5.92 Å². The number of rotatable bonds is 8. The number of benzene rings is 1. The van der Waals surface area contributed by atoms with E-state index in [9.17, 15) is 32.3 Å². The first-order valence-electron chi connectivity index (χ1n) is 10.3. The lowest BCUT2D eigenvalue weighted by Crippen LogP contribution is -2.42. The second kappa shape index (κ2) is 11.5. The van der Waals surface area contributed by atoms with Gasteiger partial charge in [0.25, 0.3) is 5.91 Å². The summed E-state index contributed by atoms with van der Waals surface area (Å²) in [7, 11) is 2.13. The number of dihydropyridines is 1. The number of carbonyl (C=O) groups is 4. The maximum atomic E-state index is 13.1. The standard InChI is InChI=1S/C23H25F3N2O7/c1-13-17(20(30)33-3)19(18(14(2)27-13)21(31)34-4)22(32)35-11-16(29)28(12-23(24,25)26)10-15-8-6-5-7-9-15/h5-9,19,27H,10-12H2,1-4H3. The lowest BCUT2D eigenvalue weighted by Gasteiger charge is -2.28. The molecule has 190 valence electrons. The van der Waals surface area contributed by atoms with E-state index in [0.29, 0.717) is 10.5 Å². The zero-order chi connectivity index (χ0) is 26.3. The lowest BCUT2D eigenvalue weighted by atomic mass is 9.85. The Hall–Kier alpha value is -3.83. The highest BCUT2D eigenvalue weighted by Gasteiger charge is 2.42. The Kier molecular flexibility index (Phi) is 9.04. The highest BCUT2D eigenvalue weighted by atomic mass is 19.4. The van der Waals surface area contributed by atoms with Crippen molar-refractivity contribution < 1.29 is 46.6 Å². The average Bonchev–Trinajstić information content (AvgIpc) is 2.80. The number of methoxy groups -OCH3 is 2. The molecular weight excluding hydrogens is 473 g/mol. The van der Waals surface area contributed by atoms with E-state index in [0.717, 1.165) is 14.2 Å². The van der Waals surface area contributed by atoms with Gasteiger partial charge in [-0.05, 0) is 19.4 Å². The topological polar surface area (TPSA) is 111 Å². The number of halogens is 3. The van der Waals surface area contributed by atoms with Crippen molar-refractivity contribution in [1.29, 1.82) is 0 Å². The van der Waals surface area contributed by atoms with Gasteiger partial charge in [0.2, 0.25) is 0 Å². The summed E-state index contributed by atoms with van der Waals surface area (Å²) in [5, 5.41) is 2.78. The van der Waals surface area contributed by atoms with Gasteiger partial charge in [-0.1, -0.05) is 30.3 Å². The highest BCUT2D eigenvalue weighted by molar-refractivity contribution is 6.05. The summed E-state index contributed by atoms with van der Waals surface area (Å²) in [5.41, 5.74) is 0.309. The number of alkyl halides is 3. The molecule has 0 atom stereocenters. The molecule has 0 saturated carbocycles. The van der Waals surface area contributed by atoms with E-state index in [1.807, 2.05) is 0 Å². The van der Waals surface area contributed by atoms with Gasteiger partial charge in [0.05, 0.1) is 25.4 Å². The van der Waals surface area contributed by atoms with Crippen LogP contribution in [0.25, 0.3) is 0 Å². The van der Waals surface area contributed by atoms with Crippen molar-refractivity contribution >= 4 is 23.8 Å². The molecule has 0 radical (unpaired) electrons. The summed E-state index contributed by atoms with van der Waals surface area (Å²) in [4.78, 5) is 50.8. The van der Waals surface area contributed by atoms with Crippen molar-refractivity contribution in [3.8, 4) is 0 Å². The Morgan fingerprint density at radius 2 is 1.46 bits per heavy atom. The Morgan fingerprint density at radius 1 is 0.943 bits per heavy atom. The molecule has 1 aliphatic rings. The van der Waals surface area contributed by atoms with Gasteiger partial charge in [-0.25, -0.2) is 9.59 Å². The third-order valence-electron chi connectivity index (χ3n) is 5.08. The third kappa shape index (κ3) is 7.08. The lowest BCUT2D eigenvalue weighted by molar-refractivity contribution is -0.168. The fraction of sp³-hybridized carbons (Fsp3) is 0.391. The fourth-order valence-corrected chi connectivity index (χ4v) is 3.55. The van der Waals surface area contributed by atoms with E-state index in [-0.39, 0.29) is 29.1 Å². The number of carbonyl (C=O) groups excluding carboxylic acids is 4. The van der Waals surface area contributed by atoms with E-state index in [1.165, 1.54) is 13.8 Å². The van der Waals surface area contributed by atoms with Crippen molar-refractivity contribution in [1.82, 2.24) is 10.2 Å². The number of hydrogen-bond acceptors (Lipinski definition) is 8. The molecule has 1 amide bonds. The van der Waals surface area contributed by atoms with Crippen LogP contribution >= 0.6 is 0 Å². The number of amides is 1. The summed E-state index contributed by atoms with van der Waals surface area (Å²) >= 11 is 0. The molecule has 1 aliphatic heterocycles. The second-order valence-corrected chi connectivity index (χ2v) is 7.58. The Morgan fingerprint density at radius 3 is 1.91 bits per heavy atom. The molecule has 1 heterocycles. The first kappa shape index (κ1) is 27.4. The predicted molar refractivity (Wildman–Crippen MR) is 115 cm³/mol. The predicted octanol–water partition coefficient (Wildman–Crippen LogP) is 2.23. The van der Waals surface area contributed by atoms with Gasteiger partial charge in [0, 0.05) is 17.9 Å². The molecule has 0 saturated heterocycles. The van der Waals surface area contributed by atoms with Crippen molar-refractivity contribution in [3.63, 3.8) is 0 Å². The van der Waals surface area contributed by atoms with Crippen LogP contribution in [0.3, 0.4) is 0 Å². The minimum atomic E-state index is -4.70. The number of allylic oxidation sites excluding steroid dienone is 2. The summed E-state index contributed by atoms with van der Waals surface area (Å²) in [6, 6.07) is 7.97. The zero-order valence-corrected chi connectivity index (χ0v) is 19.5. The van der Waals surface area contributed by atoms with Crippen LogP contribution in [0, 0.1) is 5.92 Å². The Balaban J connectivity index is 2.29. The molecule has 35 heavy (non-hydrogen) atoms. The minimum Gasteiger partial charge on any atom is -0.466 e. The normalized spacial score (nSPS) is 14.3. The molecule has 0 aromatic heterocycles. The highest BCUT2D eigenvalue weighted by Crippen LogP contribution is 2.32. The molecular formula is C23H25F3N2O7. The maximum Gasteiger partial charge on any atom is 0.406 e. The van der Waals surface area contributed by atoms with Gasteiger partial charge in [-0.15, -0.1) is 0 Å². The van der Waals surface area contributed by atoms with Gasteiger partial charge in [0.1, 0.15) is 12.5 Å². The molecule has 0 fully saturated rings. The number of nitrogens with one attached hydrogen (secondary N) is 1. The van der Waals surface area contributed by atoms with Crippen LogP contribution in [0.15, 0.2) is 52.9 Å². The third-order valence-corrected chi connectivity index (χ3v) is 5.08. The minimum absolute atomic E-state index is 0.193. The van der Waals surface area contributed by atoms with Crippen molar-refractivity contribution in [2.75, 3.05) is 27.4 Å². The number of hydrogen-bond donors (Lipinski definition) is 1. The Bertz CT molecular complexity index is 1010. The molecule has 1 aromatic rings. The summed E-state index contributed by atoms with van der Waals surface area (Å²) in [6.07, 6.45) is -4.70. The van der Waals surface area contributed by atoms with Crippen LogP contribution in [0.2, 0.25) is 0 Å². The maximum absolute atomic E-state index is 13.1. The van der Waals surface area contributed by atoms with Gasteiger partial charge < -0.3 is 24.4 Å². The van der Waals surface area contributed by atoms with Crippen LogP contribution < -0.4 is 5.32 Å². The van der Waals surface area contributed by atoms with E-state index in [2.05, 4.69) is 5.32 Å². The molecule has 1 N–H and O–H groups in total. The monoisotopic (exact) mass is 498 g/mol. The number of nitrogens with zero attached hydrogens (tertiary/aromatic N) is 1. The molecule has 1 aromatic carbocycles. The first-order chi connectivity index (χ1) is 16.4. The molecule has 0 aliphatic carbocycles. The van der Waals surface area contributed by atoms with Crippen LogP contribution in [0.5, 0.6) is 0 Å². The van der Waals surface area contributed by atoms with Gasteiger partial charge in [-0.3, -0.25) is 9.59 Å². The molecule has 0 unspecified atom stereocenters. The second-order valence-electron chi connectivity index (χ2n) is 7.58. The molecule has 9 nitrogen and oxygen atoms in total. The quantitative estimate of drug-likeness (QED) is 0.429. The summed E-state index contributed by atoms with van der Waals surface area (Å²) < 4.78 is 53.7. The van der Waals surface area contributed by atoms with Gasteiger partial charge >= 0.3 is 24.1 Å². The van der Waals surface area contributed by atoms with Gasteiger partial charge in [-0.2, -0.15) is 13.2 Å². The largest absolute Gasteiger partial charge is 0.466 e. The van der Waals surface area contributed by atoms with Crippen LogP contribution in [0.4, 0.5) is 13.2 Å². The number of esters is 3. The van der Waals surface area contributed by atoms with E-state index in [1.54, 1.807) is 30.3 Å². The number of ether oxygens (including phenoxy) is 3. The SMILES string of the molecule is COC(=O)C1=C(C)NC(C)=C(C(=O)OC)C1C(=O)OCC(=O)N(Cc1ccccc1)CC(F)(F)F. The Labute approximate surface area is 199 Å². The molecule has 12 heteroatoms. The van der Waals surface area contributed by atoms with E-state index < -0.39 is 49.1 Å². The van der Waals surface area contributed by atoms with E-state index >= 15 is 0 Å². The summed E-state index contributed by atoms with van der Waals surface area (Å²) in [5.74, 6) is -5.82. The van der Waals surface area contributed by atoms with Crippen molar-refractivity contribution in [2.45, 2.75) is 26.6 Å². The van der Waals surface area contributed by atoms with Crippen molar-refractivity contribution in [3.05, 3.63) is 58.4 Å². The average molecular weight is 498 g/mol. The summed E-state index contributed by atoms with van der Waals surface area (Å²) in [6.45, 7) is -0.0690. The van der Waals surface area contributed by atoms with E-state index in [4.69, 9.17) is 14.2 Å². The first-order valence-corrected chi connectivity index (χ1v) is 10.3. The van der Waals surface area contributed by atoms with Crippen LogP contribution in [-0.2, 0) is 39.9 Å².